The van der Waals surface area contributed by atoms with Crippen molar-refractivity contribution in [3.63, 3.8) is 0 Å². The van der Waals surface area contributed by atoms with Crippen LogP contribution in [0.3, 0.4) is 0 Å². The van der Waals surface area contributed by atoms with Gasteiger partial charge in [-0.3, -0.25) is 19.9 Å². The quantitative estimate of drug-likeness (QED) is 0.147. The number of aliphatic hydroxyl groups is 2. The topological polar surface area (TPSA) is 185 Å². The molecule has 4 aromatic rings. The van der Waals surface area contributed by atoms with Crippen LogP contribution in [0.1, 0.15) is 82.2 Å². The first-order valence-corrected chi connectivity index (χ1v) is 21.1. The zero-order valence-electron chi connectivity index (χ0n) is 33.5. The van der Waals surface area contributed by atoms with Crippen LogP contribution in [0.25, 0.3) is 10.9 Å². The van der Waals surface area contributed by atoms with E-state index in [0.29, 0.717) is 64.0 Å². The molecule has 15 nitrogen and oxygen atoms in total. The van der Waals surface area contributed by atoms with Crippen LogP contribution in [0, 0.1) is 13.8 Å². The third-order valence-electron chi connectivity index (χ3n) is 14.2. The van der Waals surface area contributed by atoms with E-state index in [1.54, 1.807) is 14.2 Å². The van der Waals surface area contributed by atoms with Crippen molar-refractivity contribution < 1.29 is 53.3 Å². The monoisotopic (exact) mass is 826 g/mol. The van der Waals surface area contributed by atoms with Crippen molar-refractivity contribution >= 4 is 34.6 Å². The molecular weight excluding hydrogens is 781 g/mol. The number of benzene rings is 3. The fourth-order valence-corrected chi connectivity index (χ4v) is 13.5. The number of H-pyrrole nitrogens is 1. The molecule has 8 aliphatic rings. The molecule has 59 heavy (non-hydrogen) atoms. The fourth-order valence-electron chi connectivity index (χ4n) is 11.9. The first kappa shape index (κ1) is 37.3. The van der Waals surface area contributed by atoms with Crippen molar-refractivity contribution in [2.24, 2.45) is 0 Å². The van der Waals surface area contributed by atoms with Crippen LogP contribution in [-0.4, -0.2) is 106 Å². The first-order valence-electron chi connectivity index (χ1n) is 20.0. The summed E-state index contributed by atoms with van der Waals surface area (Å²) in [6.45, 7) is 6.77. The van der Waals surface area contributed by atoms with Crippen LogP contribution >= 0.6 is 11.8 Å². The lowest BCUT2D eigenvalue weighted by molar-refractivity contribution is -0.249. The van der Waals surface area contributed by atoms with Gasteiger partial charge in [-0.25, -0.2) is 4.79 Å². The van der Waals surface area contributed by atoms with E-state index < -0.39 is 58.7 Å². The number of piperazine rings is 1. The highest BCUT2D eigenvalue weighted by Crippen LogP contribution is 2.70. The molecule has 0 saturated carbocycles. The minimum Gasteiger partial charge on any atom is -0.504 e. The molecule has 5 N–H and O–H groups in total. The Morgan fingerprint density at radius 2 is 1.86 bits per heavy atom. The number of fused-ring (bicyclic) bond motifs is 10. The highest BCUT2D eigenvalue weighted by Gasteiger charge is 2.71. The Kier molecular flexibility index (Phi) is 8.00. The number of aromatic amines is 1. The smallest absolute Gasteiger partial charge is 0.333 e. The summed E-state index contributed by atoms with van der Waals surface area (Å²) in [5, 5.41) is 39.5. The molecule has 9 atom stereocenters. The van der Waals surface area contributed by atoms with Gasteiger partial charge in [0, 0.05) is 63.5 Å². The number of thioether (sulfide) groups is 1. The summed E-state index contributed by atoms with van der Waals surface area (Å²) in [6, 6.07) is 5.15. The summed E-state index contributed by atoms with van der Waals surface area (Å²) in [4.78, 5) is 36.1. The number of rotatable bonds is 4. The summed E-state index contributed by atoms with van der Waals surface area (Å²) in [7, 11) is 3.16. The minimum atomic E-state index is -1.47. The predicted molar refractivity (Wildman–Crippen MR) is 213 cm³/mol. The molecule has 3 fully saturated rings. The van der Waals surface area contributed by atoms with E-state index in [-0.39, 0.29) is 37.6 Å². The molecule has 12 rings (SSSR count). The molecule has 310 valence electrons. The van der Waals surface area contributed by atoms with Gasteiger partial charge in [0.05, 0.1) is 49.9 Å². The molecule has 1 aromatic heterocycles. The van der Waals surface area contributed by atoms with Gasteiger partial charge >= 0.3 is 11.9 Å². The summed E-state index contributed by atoms with van der Waals surface area (Å²) in [5.74, 6) is 1.36. The second-order valence-electron chi connectivity index (χ2n) is 17.1. The van der Waals surface area contributed by atoms with Gasteiger partial charge < -0.3 is 48.7 Å². The number of methoxy groups -OCH3 is 2. The van der Waals surface area contributed by atoms with E-state index >= 15 is 4.79 Å². The number of aliphatic hydroxyl groups excluding tert-OH is 2. The number of aromatic nitrogens is 1. The Hall–Kier alpha value is -4.71. The highest BCUT2D eigenvalue weighted by molar-refractivity contribution is 7.99. The lowest BCUT2D eigenvalue weighted by Crippen LogP contribution is -2.75. The normalized spacial score (nSPS) is 32.4. The molecule has 0 radical (unpaired) electrons. The van der Waals surface area contributed by atoms with Crippen LogP contribution in [0.4, 0.5) is 0 Å². The number of aromatic hydroxyl groups is 1. The van der Waals surface area contributed by atoms with Crippen molar-refractivity contribution in [2.75, 3.05) is 40.0 Å². The molecule has 2 unspecified atom stereocenters. The molecule has 0 aliphatic carbocycles. The van der Waals surface area contributed by atoms with Gasteiger partial charge in [-0.15, -0.1) is 11.8 Å². The van der Waals surface area contributed by atoms with Gasteiger partial charge in [0.15, 0.2) is 28.5 Å². The number of esters is 2. The third kappa shape index (κ3) is 4.67. The van der Waals surface area contributed by atoms with Gasteiger partial charge in [0.1, 0.15) is 24.3 Å². The van der Waals surface area contributed by atoms with Crippen molar-refractivity contribution in [1.82, 2.24) is 20.1 Å². The first-order chi connectivity index (χ1) is 28.4. The van der Waals surface area contributed by atoms with Crippen LogP contribution in [0.15, 0.2) is 24.3 Å². The van der Waals surface area contributed by atoms with E-state index in [1.165, 1.54) is 18.7 Å². The number of phenols is 1. The second-order valence-corrected chi connectivity index (χ2v) is 18.2. The Morgan fingerprint density at radius 3 is 2.61 bits per heavy atom. The molecule has 1 spiro atoms. The number of hydrogen-bond acceptors (Lipinski definition) is 15. The number of carbonyl (C=O) groups excluding carboxylic acids is 2. The molecule has 3 saturated heterocycles. The van der Waals surface area contributed by atoms with Gasteiger partial charge in [0.2, 0.25) is 6.79 Å². The predicted octanol–water partition coefficient (Wildman–Crippen LogP) is 4.00. The lowest BCUT2D eigenvalue weighted by atomic mass is 9.72. The Labute approximate surface area is 343 Å². The van der Waals surface area contributed by atoms with Crippen LogP contribution in [-0.2, 0) is 31.8 Å². The van der Waals surface area contributed by atoms with Crippen molar-refractivity contribution in [1.29, 1.82) is 0 Å². The van der Waals surface area contributed by atoms with Gasteiger partial charge in [-0.2, -0.15) is 0 Å². The molecule has 3 aromatic carbocycles. The molecule has 8 aliphatic heterocycles. The molecule has 0 amide bonds. The van der Waals surface area contributed by atoms with E-state index in [1.807, 2.05) is 36.9 Å². The minimum absolute atomic E-state index is 0.0549. The third-order valence-corrected chi connectivity index (χ3v) is 15.7. The summed E-state index contributed by atoms with van der Waals surface area (Å²) in [5.41, 5.74) is 4.77. The molecular formula is C43H46N4O11S. The van der Waals surface area contributed by atoms with Crippen molar-refractivity contribution in [3.05, 3.63) is 68.9 Å². The number of nitrogens with zero attached hydrogens (tertiary/aromatic N) is 2. The average Bonchev–Trinajstić information content (AvgIpc) is 3.90. The molecule has 2 bridgehead atoms. The van der Waals surface area contributed by atoms with Crippen LogP contribution in [0.5, 0.6) is 34.5 Å². The van der Waals surface area contributed by atoms with Gasteiger partial charge in [-0.05, 0) is 74.6 Å². The Bertz CT molecular complexity index is 2530. The van der Waals surface area contributed by atoms with Gasteiger partial charge in [-0.1, -0.05) is 0 Å². The van der Waals surface area contributed by atoms with Crippen molar-refractivity contribution in [2.45, 2.75) is 93.3 Å². The van der Waals surface area contributed by atoms with E-state index in [0.717, 1.165) is 33.2 Å². The SMILES string of the molecule is COc1ccc2[nH]c3c(c2c1)C[C@@H](CO)N[C@]31CS[C@@H]2c3c(OC(C)=O)c(C)c4c(c3[C@H](COC1=O)N1C2[C@H]2c3c(cc(C)c(OC)c3O)C3(C)C[C@H]([C@@H]1O)N23)OCO4. The second kappa shape index (κ2) is 12.7. The number of hydrogen-bond donors (Lipinski definition) is 5. The fraction of sp³-hybridized carbons (Fsp3) is 0.488. The number of ether oxygens (including phenoxy) is 6. The molecule has 9 heterocycles. The summed E-state index contributed by atoms with van der Waals surface area (Å²) < 4.78 is 36.4. The number of phenolic OH excluding ortho intramolecular Hbond substituents is 1. The standard InChI is InChI=1S/C43H46N4O11S/c1-17-9-24-28(33(50)34(17)54-6)31-32-38-30-29(37-36(56-16-57-37)18(2)35(30)58-19(3)49)27(46(32)40(51)26-12-42(24,4)47(26)31)14-55-41(52)43(15-59-38)39-23(10-20(13-48)45-43)22-11-21(53-5)7-8-25(22)44-39/h7-9,11,20,26-27,31-32,38,40,44-45,48,50-51H,10,12-16H2,1-6H3/t20-,26+,27-,31+,32?,38+,40-,42?,43+/m0/s1. The largest absolute Gasteiger partial charge is 0.504 e. The average molecular weight is 827 g/mol. The van der Waals surface area contributed by atoms with E-state index in [4.69, 9.17) is 28.4 Å². The Balaban J connectivity index is 1.17. The lowest BCUT2D eigenvalue weighted by Gasteiger charge is -2.67. The van der Waals surface area contributed by atoms with Gasteiger partial charge in [0.25, 0.3) is 0 Å². The van der Waals surface area contributed by atoms with Crippen molar-refractivity contribution in [3.8, 4) is 34.5 Å². The maximum atomic E-state index is 15.1. The maximum absolute atomic E-state index is 15.1. The maximum Gasteiger partial charge on any atom is 0.333 e. The zero-order chi connectivity index (χ0) is 41.0. The number of aryl methyl sites for hydroxylation is 1. The summed E-state index contributed by atoms with van der Waals surface area (Å²) >= 11 is 1.47. The van der Waals surface area contributed by atoms with E-state index in [2.05, 4.69) is 28.2 Å². The zero-order valence-corrected chi connectivity index (χ0v) is 34.3. The highest BCUT2D eigenvalue weighted by atomic mass is 32.2. The number of nitrogens with one attached hydrogen (secondary N) is 2. The van der Waals surface area contributed by atoms with Crippen LogP contribution < -0.4 is 29.0 Å². The number of carbonyl (C=O) groups is 2. The Morgan fingerprint density at radius 1 is 1.07 bits per heavy atom. The van der Waals surface area contributed by atoms with E-state index in [9.17, 15) is 20.1 Å². The van der Waals surface area contributed by atoms with Crippen LogP contribution in [0.2, 0.25) is 0 Å². The summed E-state index contributed by atoms with van der Waals surface area (Å²) in [6.07, 6.45) is 0.0522. The molecule has 16 heteroatoms.